The lowest BCUT2D eigenvalue weighted by molar-refractivity contribution is 0.144. The summed E-state index contributed by atoms with van der Waals surface area (Å²) in [5.74, 6) is 2.31. The van der Waals surface area contributed by atoms with Gasteiger partial charge in [-0.05, 0) is 78.2 Å². The highest BCUT2D eigenvalue weighted by molar-refractivity contribution is 5.83. The number of tetrazole rings is 1. The standard InChI is InChI=1S/C27H30N6O3/c1-4-7-25(26-29-30-31-33(26)17-22-9-6-11-36-22)32(16-21-8-5-10-35-21)15-20-14-23-19(3)12-18(2)13-24(23)28-27(20)34/h5-6,8-14,25H,4,7,15-17H2,1-3H3,(H,28,34)/t25-/m0/s1. The Hall–Kier alpha value is -3.98. The molecule has 9 heteroatoms. The van der Waals surface area contributed by atoms with Gasteiger partial charge in [0.1, 0.15) is 18.1 Å². The van der Waals surface area contributed by atoms with E-state index in [0.717, 1.165) is 52.2 Å². The molecule has 0 aliphatic carbocycles. The molecule has 0 aliphatic rings. The summed E-state index contributed by atoms with van der Waals surface area (Å²) in [6.45, 7) is 7.59. The molecule has 36 heavy (non-hydrogen) atoms. The summed E-state index contributed by atoms with van der Waals surface area (Å²) in [6, 6.07) is 13.6. The van der Waals surface area contributed by atoms with Crippen LogP contribution in [-0.2, 0) is 19.6 Å². The largest absolute Gasteiger partial charge is 0.468 e. The van der Waals surface area contributed by atoms with Crippen LogP contribution in [0.4, 0.5) is 0 Å². The van der Waals surface area contributed by atoms with Crippen molar-refractivity contribution in [2.24, 2.45) is 0 Å². The number of hydrogen-bond donors (Lipinski definition) is 1. The van der Waals surface area contributed by atoms with Crippen molar-refractivity contribution >= 4 is 10.9 Å². The normalized spacial score (nSPS) is 12.6. The van der Waals surface area contributed by atoms with Crippen LogP contribution in [0.5, 0.6) is 0 Å². The van der Waals surface area contributed by atoms with Gasteiger partial charge in [-0.25, -0.2) is 4.68 Å². The second-order valence-electron chi connectivity index (χ2n) is 9.23. The van der Waals surface area contributed by atoms with Gasteiger partial charge in [-0.2, -0.15) is 0 Å². The Kier molecular flexibility index (Phi) is 6.81. The van der Waals surface area contributed by atoms with Crippen molar-refractivity contribution < 1.29 is 8.83 Å². The van der Waals surface area contributed by atoms with Crippen molar-refractivity contribution in [3.8, 4) is 0 Å². The third-order valence-corrected chi connectivity index (χ3v) is 6.45. The van der Waals surface area contributed by atoms with E-state index in [-0.39, 0.29) is 11.6 Å². The van der Waals surface area contributed by atoms with Gasteiger partial charge in [-0.1, -0.05) is 19.4 Å². The van der Waals surface area contributed by atoms with Crippen molar-refractivity contribution in [1.29, 1.82) is 0 Å². The summed E-state index contributed by atoms with van der Waals surface area (Å²) < 4.78 is 13.0. The fourth-order valence-electron chi connectivity index (χ4n) is 4.79. The molecule has 5 rings (SSSR count). The average molecular weight is 487 g/mol. The molecule has 0 unspecified atom stereocenters. The fraction of sp³-hybridized carbons (Fsp3) is 0.333. The SMILES string of the molecule is CCC[C@@H](c1nnnn1Cc1ccco1)N(Cc1ccco1)Cc1cc2c(C)cc(C)cc2[nH]c1=O. The lowest BCUT2D eigenvalue weighted by atomic mass is 10.0. The van der Waals surface area contributed by atoms with Crippen molar-refractivity contribution in [3.05, 3.63) is 99.4 Å². The topological polar surface area (TPSA) is 106 Å². The predicted octanol–water partition coefficient (Wildman–Crippen LogP) is 4.91. The minimum Gasteiger partial charge on any atom is -0.468 e. The predicted molar refractivity (Wildman–Crippen MR) is 135 cm³/mol. The van der Waals surface area contributed by atoms with Crippen LogP contribution in [0.2, 0.25) is 0 Å². The van der Waals surface area contributed by atoms with Gasteiger partial charge in [-0.3, -0.25) is 9.69 Å². The van der Waals surface area contributed by atoms with Crippen molar-refractivity contribution in [1.82, 2.24) is 30.1 Å². The molecule has 186 valence electrons. The van der Waals surface area contributed by atoms with Gasteiger partial charge in [0.2, 0.25) is 0 Å². The van der Waals surface area contributed by atoms with Crippen molar-refractivity contribution in [2.75, 3.05) is 0 Å². The molecule has 4 aromatic heterocycles. The van der Waals surface area contributed by atoms with Gasteiger partial charge in [0.15, 0.2) is 5.82 Å². The Labute approximate surface area is 208 Å². The highest BCUT2D eigenvalue weighted by Gasteiger charge is 2.28. The lowest BCUT2D eigenvalue weighted by Gasteiger charge is -2.30. The number of aromatic amines is 1. The summed E-state index contributed by atoms with van der Waals surface area (Å²) in [5, 5.41) is 13.7. The quantitative estimate of drug-likeness (QED) is 0.299. The first kappa shape index (κ1) is 23.7. The minimum atomic E-state index is -0.140. The second kappa shape index (κ2) is 10.3. The number of hydrogen-bond acceptors (Lipinski definition) is 7. The number of aryl methyl sites for hydroxylation is 2. The van der Waals surface area contributed by atoms with Gasteiger partial charge < -0.3 is 13.8 Å². The third kappa shape index (κ3) is 5.01. The fourth-order valence-corrected chi connectivity index (χ4v) is 4.79. The van der Waals surface area contributed by atoms with Gasteiger partial charge in [0.05, 0.1) is 25.1 Å². The maximum absolute atomic E-state index is 13.2. The van der Waals surface area contributed by atoms with Crippen molar-refractivity contribution in [2.45, 2.75) is 59.3 Å². The number of nitrogens with zero attached hydrogens (tertiary/aromatic N) is 5. The highest BCUT2D eigenvalue weighted by Crippen LogP contribution is 2.29. The van der Waals surface area contributed by atoms with Crippen LogP contribution in [-0.4, -0.2) is 30.1 Å². The summed E-state index contributed by atoms with van der Waals surface area (Å²) in [6.07, 6.45) is 5.03. The van der Waals surface area contributed by atoms with Crippen LogP contribution in [0.1, 0.15) is 59.8 Å². The van der Waals surface area contributed by atoms with Crippen LogP contribution in [0, 0.1) is 13.8 Å². The second-order valence-corrected chi connectivity index (χ2v) is 9.23. The van der Waals surface area contributed by atoms with Crippen LogP contribution < -0.4 is 5.56 Å². The Morgan fingerprint density at radius 3 is 2.56 bits per heavy atom. The zero-order valence-electron chi connectivity index (χ0n) is 20.8. The number of H-pyrrole nitrogens is 1. The van der Waals surface area contributed by atoms with E-state index in [1.54, 1.807) is 17.2 Å². The Morgan fingerprint density at radius 2 is 1.83 bits per heavy atom. The Bertz CT molecular complexity index is 1480. The molecule has 5 aromatic rings. The summed E-state index contributed by atoms with van der Waals surface area (Å²) >= 11 is 0. The first-order valence-electron chi connectivity index (χ1n) is 12.2. The van der Waals surface area contributed by atoms with Gasteiger partial charge in [0, 0.05) is 23.0 Å². The highest BCUT2D eigenvalue weighted by atomic mass is 16.3. The summed E-state index contributed by atoms with van der Waals surface area (Å²) in [4.78, 5) is 18.5. The summed E-state index contributed by atoms with van der Waals surface area (Å²) in [7, 11) is 0. The molecule has 9 nitrogen and oxygen atoms in total. The number of pyridine rings is 1. The molecular formula is C27H30N6O3. The Morgan fingerprint density at radius 1 is 1.06 bits per heavy atom. The molecule has 0 fully saturated rings. The zero-order chi connectivity index (χ0) is 25.1. The third-order valence-electron chi connectivity index (χ3n) is 6.45. The average Bonchev–Trinajstić information content (AvgIpc) is 3.62. The number of nitrogens with one attached hydrogen (secondary N) is 1. The molecule has 0 radical (unpaired) electrons. The van der Waals surface area contributed by atoms with E-state index in [0.29, 0.717) is 25.2 Å². The lowest BCUT2D eigenvalue weighted by Crippen LogP contribution is -2.32. The molecule has 1 N–H and O–H groups in total. The molecular weight excluding hydrogens is 456 g/mol. The first-order valence-corrected chi connectivity index (χ1v) is 12.2. The molecule has 0 aliphatic heterocycles. The van der Waals surface area contributed by atoms with Crippen molar-refractivity contribution in [3.63, 3.8) is 0 Å². The van der Waals surface area contributed by atoms with Gasteiger partial charge in [0.25, 0.3) is 5.56 Å². The molecule has 0 saturated carbocycles. The van der Waals surface area contributed by atoms with Gasteiger partial charge in [-0.15, -0.1) is 5.10 Å². The van der Waals surface area contributed by atoms with E-state index < -0.39 is 0 Å². The molecule has 4 heterocycles. The number of benzene rings is 1. The molecule has 0 spiro atoms. The maximum Gasteiger partial charge on any atom is 0.252 e. The minimum absolute atomic E-state index is 0.0950. The molecule has 0 saturated heterocycles. The zero-order valence-corrected chi connectivity index (χ0v) is 20.8. The van der Waals surface area contributed by atoms with E-state index in [2.05, 4.69) is 45.3 Å². The molecule has 1 atom stereocenters. The smallest absolute Gasteiger partial charge is 0.252 e. The number of furan rings is 2. The van der Waals surface area contributed by atoms with E-state index in [1.165, 1.54) is 0 Å². The van der Waals surface area contributed by atoms with E-state index in [1.807, 2.05) is 43.3 Å². The monoisotopic (exact) mass is 486 g/mol. The van der Waals surface area contributed by atoms with Gasteiger partial charge >= 0.3 is 0 Å². The number of rotatable bonds is 10. The molecule has 0 amide bonds. The Balaban J connectivity index is 1.54. The van der Waals surface area contributed by atoms with E-state index >= 15 is 0 Å². The maximum atomic E-state index is 13.2. The van der Waals surface area contributed by atoms with Crippen LogP contribution >= 0.6 is 0 Å². The van der Waals surface area contributed by atoms with E-state index in [9.17, 15) is 4.79 Å². The molecule has 0 bridgehead atoms. The van der Waals surface area contributed by atoms with E-state index in [4.69, 9.17) is 8.83 Å². The first-order chi connectivity index (χ1) is 17.5. The van der Waals surface area contributed by atoms with Crippen LogP contribution in [0.25, 0.3) is 10.9 Å². The van der Waals surface area contributed by atoms with Crippen LogP contribution in [0.3, 0.4) is 0 Å². The number of aromatic nitrogens is 5. The number of fused-ring (bicyclic) bond motifs is 1. The van der Waals surface area contributed by atoms with Crippen LogP contribution in [0.15, 0.2) is 68.6 Å². The summed E-state index contributed by atoms with van der Waals surface area (Å²) in [5.41, 5.74) is 3.70. The molecule has 1 aromatic carbocycles.